The van der Waals surface area contributed by atoms with E-state index in [9.17, 15) is 4.79 Å². The highest BCUT2D eigenvalue weighted by atomic mass is 32.1. The lowest BCUT2D eigenvalue weighted by atomic mass is 9.98. The van der Waals surface area contributed by atoms with Crippen LogP contribution in [0.1, 0.15) is 42.5 Å². The van der Waals surface area contributed by atoms with E-state index in [0.717, 1.165) is 37.1 Å². The smallest absolute Gasteiger partial charge is 0.240 e. The van der Waals surface area contributed by atoms with Gasteiger partial charge in [-0.3, -0.25) is 4.79 Å². The summed E-state index contributed by atoms with van der Waals surface area (Å²) >= 11 is 1.65. The second-order valence-corrected chi connectivity index (χ2v) is 5.82. The number of amides is 1. The SMILES string of the molecule is CCc1cnc(CNC(=O)C2(N)CCCC2)s1. The summed E-state index contributed by atoms with van der Waals surface area (Å²) in [5.41, 5.74) is 5.43. The maximum absolute atomic E-state index is 12.0. The first kappa shape index (κ1) is 12.5. The van der Waals surface area contributed by atoms with Gasteiger partial charge in [0.1, 0.15) is 5.01 Å². The van der Waals surface area contributed by atoms with Crippen LogP contribution in [0, 0.1) is 0 Å². The van der Waals surface area contributed by atoms with E-state index in [-0.39, 0.29) is 5.91 Å². The van der Waals surface area contributed by atoms with Crippen LogP contribution < -0.4 is 11.1 Å². The Morgan fingerprint density at radius 1 is 1.59 bits per heavy atom. The average Bonchev–Trinajstić information content (AvgIpc) is 2.95. The van der Waals surface area contributed by atoms with Crippen molar-refractivity contribution in [2.45, 2.75) is 51.1 Å². The van der Waals surface area contributed by atoms with Gasteiger partial charge in [0.25, 0.3) is 0 Å². The summed E-state index contributed by atoms with van der Waals surface area (Å²) in [6.45, 7) is 2.60. The Bertz CT molecular complexity index is 396. The van der Waals surface area contributed by atoms with E-state index < -0.39 is 5.54 Å². The number of rotatable bonds is 4. The lowest BCUT2D eigenvalue weighted by Gasteiger charge is -2.21. The summed E-state index contributed by atoms with van der Waals surface area (Å²) in [5.74, 6) is -0.0248. The van der Waals surface area contributed by atoms with E-state index in [1.807, 2.05) is 6.20 Å². The molecule has 0 aromatic carbocycles. The second-order valence-electron chi connectivity index (χ2n) is 4.62. The maximum atomic E-state index is 12.0. The number of carbonyl (C=O) groups excluding carboxylic acids is 1. The van der Waals surface area contributed by atoms with Crippen molar-refractivity contribution in [2.24, 2.45) is 5.73 Å². The van der Waals surface area contributed by atoms with Crippen molar-refractivity contribution in [3.63, 3.8) is 0 Å². The van der Waals surface area contributed by atoms with Gasteiger partial charge in [0, 0.05) is 11.1 Å². The maximum Gasteiger partial charge on any atom is 0.240 e. The van der Waals surface area contributed by atoms with Gasteiger partial charge in [-0.25, -0.2) is 4.98 Å². The minimum Gasteiger partial charge on any atom is -0.348 e. The summed E-state index contributed by atoms with van der Waals surface area (Å²) in [4.78, 5) is 17.5. The van der Waals surface area contributed by atoms with Gasteiger partial charge in [-0.2, -0.15) is 0 Å². The van der Waals surface area contributed by atoms with Gasteiger partial charge in [0.15, 0.2) is 0 Å². The van der Waals surface area contributed by atoms with Crippen molar-refractivity contribution in [2.75, 3.05) is 0 Å². The number of carbonyl (C=O) groups is 1. The Morgan fingerprint density at radius 3 is 2.88 bits per heavy atom. The minimum atomic E-state index is -0.634. The predicted octanol–water partition coefficient (Wildman–Crippen LogP) is 1.59. The van der Waals surface area contributed by atoms with Crippen molar-refractivity contribution >= 4 is 17.2 Å². The molecule has 5 heteroatoms. The summed E-state index contributed by atoms with van der Waals surface area (Å²) < 4.78 is 0. The first-order chi connectivity index (χ1) is 8.14. The molecule has 0 unspecified atom stereocenters. The molecule has 0 saturated heterocycles. The topological polar surface area (TPSA) is 68.0 Å². The molecular formula is C12H19N3OS. The van der Waals surface area contributed by atoms with Crippen molar-refractivity contribution in [3.8, 4) is 0 Å². The number of nitrogens with one attached hydrogen (secondary N) is 1. The highest BCUT2D eigenvalue weighted by Gasteiger charge is 2.36. The lowest BCUT2D eigenvalue weighted by Crippen LogP contribution is -2.51. The molecule has 0 atom stereocenters. The Balaban J connectivity index is 1.87. The van der Waals surface area contributed by atoms with Crippen LogP contribution in [0.3, 0.4) is 0 Å². The van der Waals surface area contributed by atoms with E-state index in [1.165, 1.54) is 4.88 Å². The molecular weight excluding hydrogens is 234 g/mol. The first-order valence-corrected chi connectivity index (χ1v) is 6.96. The zero-order chi connectivity index (χ0) is 12.3. The number of aromatic nitrogens is 1. The van der Waals surface area contributed by atoms with Crippen molar-refractivity contribution in [3.05, 3.63) is 16.1 Å². The predicted molar refractivity (Wildman–Crippen MR) is 68.7 cm³/mol. The summed E-state index contributed by atoms with van der Waals surface area (Å²) in [5, 5.41) is 3.86. The molecule has 1 aliphatic rings. The van der Waals surface area contributed by atoms with Gasteiger partial charge in [-0.1, -0.05) is 19.8 Å². The molecule has 1 heterocycles. The molecule has 0 aliphatic heterocycles. The average molecular weight is 253 g/mol. The molecule has 2 rings (SSSR count). The van der Waals surface area contributed by atoms with E-state index in [1.54, 1.807) is 11.3 Å². The Labute approximate surface area is 106 Å². The zero-order valence-corrected chi connectivity index (χ0v) is 11.0. The fourth-order valence-electron chi connectivity index (χ4n) is 2.16. The molecule has 3 N–H and O–H groups in total. The molecule has 1 aromatic heterocycles. The number of nitrogens with zero attached hydrogens (tertiary/aromatic N) is 1. The molecule has 1 saturated carbocycles. The van der Waals surface area contributed by atoms with Crippen molar-refractivity contribution < 1.29 is 4.79 Å². The molecule has 0 spiro atoms. The first-order valence-electron chi connectivity index (χ1n) is 6.15. The molecule has 0 bridgehead atoms. The summed E-state index contributed by atoms with van der Waals surface area (Å²) in [6, 6.07) is 0. The van der Waals surface area contributed by atoms with Crippen LogP contribution >= 0.6 is 11.3 Å². The molecule has 17 heavy (non-hydrogen) atoms. The number of nitrogens with two attached hydrogens (primary N) is 1. The van der Waals surface area contributed by atoms with E-state index in [2.05, 4.69) is 17.2 Å². The monoisotopic (exact) mass is 253 g/mol. The third kappa shape index (κ3) is 2.84. The van der Waals surface area contributed by atoms with Gasteiger partial charge in [0.05, 0.1) is 12.1 Å². The van der Waals surface area contributed by atoms with Gasteiger partial charge in [0.2, 0.25) is 5.91 Å². The van der Waals surface area contributed by atoms with Crippen LogP contribution in [0.2, 0.25) is 0 Å². The second kappa shape index (κ2) is 5.14. The third-order valence-corrected chi connectivity index (χ3v) is 4.44. The number of hydrogen-bond acceptors (Lipinski definition) is 4. The molecule has 94 valence electrons. The normalized spacial score (nSPS) is 18.2. The largest absolute Gasteiger partial charge is 0.348 e. The third-order valence-electron chi connectivity index (χ3n) is 3.30. The van der Waals surface area contributed by atoms with E-state index in [4.69, 9.17) is 5.73 Å². The Hall–Kier alpha value is -0.940. The van der Waals surface area contributed by atoms with Crippen LogP contribution in [0.25, 0.3) is 0 Å². The number of hydrogen-bond donors (Lipinski definition) is 2. The molecule has 1 aliphatic carbocycles. The zero-order valence-electron chi connectivity index (χ0n) is 10.2. The fourth-order valence-corrected chi connectivity index (χ4v) is 2.96. The van der Waals surface area contributed by atoms with Crippen molar-refractivity contribution in [1.29, 1.82) is 0 Å². The summed E-state index contributed by atoms with van der Waals surface area (Å²) in [6.07, 6.45) is 6.59. The standard InChI is InChI=1S/C12H19N3OS/c1-2-9-7-14-10(17-9)8-15-11(16)12(13)5-3-4-6-12/h7H,2-6,8,13H2,1H3,(H,15,16). The number of thiazole rings is 1. The molecule has 1 amide bonds. The van der Waals surface area contributed by atoms with Gasteiger partial charge >= 0.3 is 0 Å². The van der Waals surface area contributed by atoms with Crippen LogP contribution in [-0.2, 0) is 17.8 Å². The van der Waals surface area contributed by atoms with Crippen LogP contribution in [0.4, 0.5) is 0 Å². The Morgan fingerprint density at radius 2 is 2.29 bits per heavy atom. The highest BCUT2D eigenvalue weighted by Crippen LogP contribution is 2.27. The van der Waals surface area contributed by atoms with Crippen molar-refractivity contribution in [1.82, 2.24) is 10.3 Å². The van der Waals surface area contributed by atoms with Gasteiger partial charge < -0.3 is 11.1 Å². The fraction of sp³-hybridized carbons (Fsp3) is 0.667. The van der Waals surface area contributed by atoms with Gasteiger partial charge in [-0.15, -0.1) is 11.3 Å². The lowest BCUT2D eigenvalue weighted by molar-refractivity contribution is -0.126. The van der Waals surface area contributed by atoms with Gasteiger partial charge in [-0.05, 0) is 19.3 Å². The molecule has 0 radical (unpaired) electrons. The summed E-state index contributed by atoms with van der Waals surface area (Å²) in [7, 11) is 0. The molecule has 4 nitrogen and oxygen atoms in total. The van der Waals surface area contributed by atoms with Crippen LogP contribution in [0.5, 0.6) is 0 Å². The van der Waals surface area contributed by atoms with Crippen LogP contribution in [0.15, 0.2) is 6.20 Å². The molecule has 1 fully saturated rings. The number of aryl methyl sites for hydroxylation is 1. The molecule has 1 aromatic rings. The van der Waals surface area contributed by atoms with Crippen LogP contribution in [-0.4, -0.2) is 16.4 Å². The Kier molecular flexibility index (Phi) is 3.79. The minimum absolute atomic E-state index is 0.0248. The van der Waals surface area contributed by atoms with E-state index in [0.29, 0.717) is 6.54 Å². The highest BCUT2D eigenvalue weighted by molar-refractivity contribution is 7.11. The van der Waals surface area contributed by atoms with E-state index >= 15 is 0 Å². The quantitative estimate of drug-likeness (QED) is 0.856.